The van der Waals surface area contributed by atoms with Gasteiger partial charge < -0.3 is 10.6 Å². The van der Waals surface area contributed by atoms with Crippen molar-refractivity contribution in [3.63, 3.8) is 0 Å². The van der Waals surface area contributed by atoms with Gasteiger partial charge in [0, 0.05) is 17.5 Å². The number of nitrogens with one attached hydrogen (secondary N) is 2. The summed E-state index contributed by atoms with van der Waals surface area (Å²) in [5.74, 6) is 0.633. The highest BCUT2D eigenvalue weighted by Gasteiger charge is 2.14. The Hall–Kier alpha value is -1.00. The van der Waals surface area contributed by atoms with E-state index in [-0.39, 0.29) is 5.91 Å². The van der Waals surface area contributed by atoms with Crippen LogP contribution in [0.25, 0.3) is 0 Å². The maximum Gasteiger partial charge on any atom is 0.230 e. The topological polar surface area (TPSA) is 41.1 Å². The molecule has 1 aromatic rings. The monoisotopic (exact) mass is 250 g/mol. The average Bonchev–Trinajstić information content (AvgIpc) is 2.39. The normalized spacial score (nSPS) is 19.9. The molecule has 2 N–H and O–H groups in total. The molecule has 1 aromatic carbocycles. The Kier molecular flexibility index (Phi) is 4.88. The van der Waals surface area contributed by atoms with Gasteiger partial charge in [0.1, 0.15) is 0 Å². The summed E-state index contributed by atoms with van der Waals surface area (Å²) in [7, 11) is 0. The van der Waals surface area contributed by atoms with Crippen LogP contribution < -0.4 is 10.6 Å². The molecule has 1 heterocycles. The van der Waals surface area contributed by atoms with E-state index in [1.807, 2.05) is 30.3 Å². The number of hydrogen-bond donors (Lipinski definition) is 2. The predicted octanol–water partition coefficient (Wildman–Crippen LogP) is 1.65. The zero-order valence-electron chi connectivity index (χ0n) is 9.82. The van der Waals surface area contributed by atoms with Gasteiger partial charge in [-0.1, -0.05) is 18.2 Å². The minimum atomic E-state index is 0.132. The molecule has 0 aromatic heterocycles. The second-order valence-electron chi connectivity index (χ2n) is 4.21. The molecule has 17 heavy (non-hydrogen) atoms. The molecule has 0 radical (unpaired) electrons. The molecule has 4 heteroatoms. The molecule has 0 aliphatic carbocycles. The summed E-state index contributed by atoms with van der Waals surface area (Å²) in [6.07, 6.45) is 2.24. The first kappa shape index (κ1) is 12.5. The largest absolute Gasteiger partial charge is 0.351 e. The Morgan fingerprint density at radius 3 is 2.94 bits per heavy atom. The summed E-state index contributed by atoms with van der Waals surface area (Å²) in [5, 5.41) is 6.36. The molecule has 92 valence electrons. The lowest BCUT2D eigenvalue weighted by Gasteiger charge is -2.23. The summed E-state index contributed by atoms with van der Waals surface area (Å²) in [5.41, 5.74) is 0. The molecule has 0 saturated carbocycles. The number of piperidine rings is 1. The first-order valence-electron chi connectivity index (χ1n) is 6.02. The second-order valence-corrected chi connectivity index (χ2v) is 5.26. The van der Waals surface area contributed by atoms with Gasteiger partial charge in [0.2, 0.25) is 5.91 Å². The van der Waals surface area contributed by atoms with Gasteiger partial charge in [0.05, 0.1) is 5.75 Å². The van der Waals surface area contributed by atoms with Crippen LogP contribution in [0.4, 0.5) is 0 Å². The van der Waals surface area contributed by atoms with Crippen molar-refractivity contribution in [3.8, 4) is 0 Å². The summed E-state index contributed by atoms with van der Waals surface area (Å²) in [6, 6.07) is 10.3. The van der Waals surface area contributed by atoms with E-state index in [2.05, 4.69) is 10.6 Å². The van der Waals surface area contributed by atoms with Gasteiger partial charge >= 0.3 is 0 Å². The zero-order chi connectivity index (χ0) is 11.9. The van der Waals surface area contributed by atoms with Crippen molar-refractivity contribution < 1.29 is 4.79 Å². The van der Waals surface area contributed by atoms with E-state index in [0.29, 0.717) is 11.8 Å². The average molecular weight is 250 g/mol. The first-order chi connectivity index (χ1) is 8.34. The van der Waals surface area contributed by atoms with E-state index in [0.717, 1.165) is 30.8 Å². The highest BCUT2D eigenvalue weighted by Crippen LogP contribution is 2.16. The third kappa shape index (κ3) is 4.40. The fourth-order valence-electron chi connectivity index (χ4n) is 1.91. The van der Waals surface area contributed by atoms with Crippen molar-refractivity contribution in [2.75, 3.05) is 18.8 Å². The van der Waals surface area contributed by atoms with Crippen molar-refractivity contribution in [2.24, 2.45) is 0 Å². The summed E-state index contributed by atoms with van der Waals surface area (Å²) >= 11 is 1.58. The van der Waals surface area contributed by atoms with E-state index >= 15 is 0 Å². The Morgan fingerprint density at radius 2 is 2.24 bits per heavy atom. The fourth-order valence-corrected chi connectivity index (χ4v) is 2.64. The van der Waals surface area contributed by atoms with Crippen LogP contribution >= 0.6 is 11.8 Å². The van der Waals surface area contributed by atoms with E-state index in [4.69, 9.17) is 0 Å². The third-order valence-electron chi connectivity index (χ3n) is 2.78. The molecule has 0 spiro atoms. The van der Waals surface area contributed by atoms with Crippen molar-refractivity contribution in [2.45, 2.75) is 23.8 Å². The summed E-state index contributed by atoms with van der Waals surface area (Å²) < 4.78 is 0. The SMILES string of the molecule is O=C(CSc1ccccc1)N[C@@H]1CCCNC1. The van der Waals surface area contributed by atoms with E-state index < -0.39 is 0 Å². The maximum atomic E-state index is 11.7. The van der Waals surface area contributed by atoms with Crippen molar-refractivity contribution >= 4 is 17.7 Å². The van der Waals surface area contributed by atoms with Crippen molar-refractivity contribution in [3.05, 3.63) is 30.3 Å². The summed E-state index contributed by atoms with van der Waals surface area (Å²) in [6.45, 7) is 1.98. The van der Waals surface area contributed by atoms with Gasteiger partial charge in [-0.05, 0) is 31.5 Å². The molecule has 2 rings (SSSR count). The fraction of sp³-hybridized carbons (Fsp3) is 0.462. The number of hydrogen-bond acceptors (Lipinski definition) is 3. The molecular weight excluding hydrogens is 232 g/mol. The van der Waals surface area contributed by atoms with E-state index in [9.17, 15) is 4.79 Å². The summed E-state index contributed by atoms with van der Waals surface area (Å²) in [4.78, 5) is 12.9. The van der Waals surface area contributed by atoms with E-state index in [1.54, 1.807) is 11.8 Å². The van der Waals surface area contributed by atoms with Gasteiger partial charge in [0.25, 0.3) is 0 Å². The predicted molar refractivity (Wildman–Crippen MR) is 71.2 cm³/mol. The number of benzene rings is 1. The van der Waals surface area contributed by atoms with Gasteiger partial charge in [-0.15, -0.1) is 11.8 Å². The Bertz CT molecular complexity index is 350. The van der Waals surface area contributed by atoms with Gasteiger partial charge in [-0.25, -0.2) is 0 Å². The van der Waals surface area contributed by atoms with Crippen LogP contribution in [0.3, 0.4) is 0 Å². The van der Waals surface area contributed by atoms with Crippen LogP contribution in [-0.4, -0.2) is 30.8 Å². The molecule has 1 fully saturated rings. The molecule has 1 saturated heterocycles. The molecule has 1 aliphatic rings. The molecule has 1 amide bonds. The lowest BCUT2D eigenvalue weighted by molar-refractivity contribution is -0.119. The quantitative estimate of drug-likeness (QED) is 0.798. The molecule has 3 nitrogen and oxygen atoms in total. The molecule has 0 unspecified atom stereocenters. The Balaban J connectivity index is 1.70. The lowest BCUT2D eigenvalue weighted by atomic mass is 10.1. The van der Waals surface area contributed by atoms with Gasteiger partial charge in [-0.2, -0.15) is 0 Å². The number of thioether (sulfide) groups is 1. The number of rotatable bonds is 4. The van der Waals surface area contributed by atoms with E-state index in [1.165, 1.54) is 0 Å². The van der Waals surface area contributed by atoms with Gasteiger partial charge in [0.15, 0.2) is 0 Å². The smallest absolute Gasteiger partial charge is 0.230 e. The maximum absolute atomic E-state index is 11.7. The van der Waals surface area contributed by atoms with Crippen LogP contribution in [0.5, 0.6) is 0 Å². The van der Waals surface area contributed by atoms with Crippen LogP contribution in [0.15, 0.2) is 35.2 Å². The first-order valence-corrected chi connectivity index (χ1v) is 7.01. The highest BCUT2D eigenvalue weighted by molar-refractivity contribution is 8.00. The molecule has 1 aliphatic heterocycles. The third-order valence-corrected chi connectivity index (χ3v) is 3.79. The lowest BCUT2D eigenvalue weighted by Crippen LogP contribution is -2.46. The van der Waals surface area contributed by atoms with Crippen LogP contribution in [-0.2, 0) is 4.79 Å². The number of carbonyl (C=O) groups is 1. The molecular formula is C13H18N2OS. The standard InChI is InChI=1S/C13H18N2OS/c16-13(15-11-5-4-8-14-9-11)10-17-12-6-2-1-3-7-12/h1-3,6-7,11,14H,4-5,8-10H2,(H,15,16)/t11-/m1/s1. The highest BCUT2D eigenvalue weighted by atomic mass is 32.2. The number of carbonyl (C=O) groups excluding carboxylic acids is 1. The minimum absolute atomic E-state index is 0.132. The number of amides is 1. The van der Waals surface area contributed by atoms with Crippen LogP contribution in [0, 0.1) is 0 Å². The van der Waals surface area contributed by atoms with Crippen LogP contribution in [0.2, 0.25) is 0 Å². The molecule has 0 bridgehead atoms. The zero-order valence-corrected chi connectivity index (χ0v) is 10.6. The Labute approximate surface area is 106 Å². The molecule has 1 atom stereocenters. The Morgan fingerprint density at radius 1 is 1.41 bits per heavy atom. The second kappa shape index (κ2) is 6.67. The van der Waals surface area contributed by atoms with Crippen LogP contribution in [0.1, 0.15) is 12.8 Å². The van der Waals surface area contributed by atoms with Gasteiger partial charge in [-0.3, -0.25) is 4.79 Å². The minimum Gasteiger partial charge on any atom is -0.351 e. The van der Waals surface area contributed by atoms with Crippen molar-refractivity contribution in [1.29, 1.82) is 0 Å². The van der Waals surface area contributed by atoms with Crippen molar-refractivity contribution in [1.82, 2.24) is 10.6 Å².